The van der Waals surface area contributed by atoms with Gasteiger partial charge >= 0.3 is 0 Å². The van der Waals surface area contributed by atoms with Gasteiger partial charge in [-0.3, -0.25) is 4.90 Å². The fourth-order valence-electron chi connectivity index (χ4n) is 2.51. The minimum absolute atomic E-state index is 0.317. The molecular weight excluding hydrogens is 322 g/mol. The van der Waals surface area contributed by atoms with Gasteiger partial charge in [0.25, 0.3) is 0 Å². The third-order valence-corrected chi connectivity index (χ3v) is 5.59. The monoisotopic (exact) mass is 347 g/mol. The maximum Gasteiger partial charge on any atom is 0.242 e. The quantitative estimate of drug-likeness (QED) is 0.792. The van der Waals surface area contributed by atoms with E-state index in [1.807, 2.05) is 24.3 Å². The van der Waals surface area contributed by atoms with Crippen LogP contribution in [0.5, 0.6) is 0 Å². The molecule has 0 saturated carbocycles. The predicted octanol–water partition coefficient (Wildman–Crippen LogP) is 1.90. The summed E-state index contributed by atoms with van der Waals surface area (Å²) < 4.78 is 25.8. The highest BCUT2D eigenvalue weighted by atomic mass is 32.2. The molecule has 0 atom stereocenters. The minimum atomic E-state index is -3.42. The Balaban J connectivity index is 2.18. The molecule has 0 fully saturated rings. The minimum Gasteiger partial charge on any atom is -0.329 e. The largest absolute Gasteiger partial charge is 0.329 e. The lowest BCUT2D eigenvalue weighted by molar-refractivity contribution is 0.264. The molecule has 6 heteroatoms. The molecule has 24 heavy (non-hydrogen) atoms. The molecule has 0 aromatic heterocycles. The number of nitrogens with zero attached hydrogens (tertiary/aromatic N) is 2. The lowest BCUT2D eigenvalue weighted by Gasteiger charge is -2.22. The fraction of sp³-hybridized carbons (Fsp3) is 0.333. The molecule has 0 saturated heterocycles. The maximum atomic E-state index is 12.3. The molecule has 0 unspecified atom stereocenters. The summed E-state index contributed by atoms with van der Waals surface area (Å²) >= 11 is 0. The van der Waals surface area contributed by atoms with Gasteiger partial charge in [0, 0.05) is 40.3 Å². The van der Waals surface area contributed by atoms with E-state index in [9.17, 15) is 8.42 Å². The summed E-state index contributed by atoms with van der Waals surface area (Å²) in [6.45, 7) is 2.74. The van der Waals surface area contributed by atoms with Crippen molar-refractivity contribution in [1.29, 1.82) is 0 Å². The summed E-state index contributed by atoms with van der Waals surface area (Å²) in [4.78, 5) is 2.54. The summed E-state index contributed by atoms with van der Waals surface area (Å²) in [5.74, 6) is 0. The first kappa shape index (κ1) is 18.6. The predicted molar refractivity (Wildman–Crippen MR) is 96.9 cm³/mol. The lowest BCUT2D eigenvalue weighted by Crippen LogP contribution is -2.29. The molecule has 0 radical (unpaired) electrons. The molecule has 0 amide bonds. The van der Waals surface area contributed by atoms with E-state index in [-0.39, 0.29) is 0 Å². The Morgan fingerprint density at radius 3 is 2.17 bits per heavy atom. The Morgan fingerprint density at radius 2 is 1.54 bits per heavy atom. The number of sulfonamides is 1. The third kappa shape index (κ3) is 4.88. The summed E-state index contributed by atoms with van der Waals surface area (Å²) in [5.41, 5.74) is 7.90. The van der Waals surface area contributed by atoms with Gasteiger partial charge in [-0.05, 0) is 23.3 Å². The topological polar surface area (TPSA) is 66.6 Å². The number of hydrogen-bond donors (Lipinski definition) is 1. The average molecular weight is 347 g/mol. The highest BCUT2D eigenvalue weighted by molar-refractivity contribution is 7.89. The molecule has 2 aromatic carbocycles. The van der Waals surface area contributed by atoms with Crippen molar-refractivity contribution in [2.75, 3.05) is 27.2 Å². The van der Waals surface area contributed by atoms with Crippen LogP contribution in [-0.4, -0.2) is 44.8 Å². The number of hydrogen-bond acceptors (Lipinski definition) is 4. The van der Waals surface area contributed by atoms with E-state index in [1.54, 1.807) is 18.2 Å². The van der Waals surface area contributed by atoms with E-state index in [2.05, 4.69) is 17.0 Å². The van der Waals surface area contributed by atoms with Gasteiger partial charge in [0.1, 0.15) is 0 Å². The van der Waals surface area contributed by atoms with E-state index < -0.39 is 10.0 Å². The van der Waals surface area contributed by atoms with Crippen molar-refractivity contribution in [3.05, 3.63) is 65.7 Å². The van der Waals surface area contributed by atoms with Gasteiger partial charge < -0.3 is 5.73 Å². The van der Waals surface area contributed by atoms with Crippen LogP contribution in [-0.2, 0) is 23.1 Å². The van der Waals surface area contributed by atoms with Crippen molar-refractivity contribution in [3.63, 3.8) is 0 Å². The second-order valence-electron chi connectivity index (χ2n) is 5.92. The van der Waals surface area contributed by atoms with Crippen LogP contribution in [0.1, 0.15) is 11.1 Å². The number of nitrogens with two attached hydrogens (primary N) is 1. The van der Waals surface area contributed by atoms with E-state index in [1.165, 1.54) is 24.0 Å². The normalized spacial score (nSPS) is 12.0. The van der Waals surface area contributed by atoms with Crippen LogP contribution in [0.3, 0.4) is 0 Å². The second kappa shape index (κ2) is 8.39. The fourth-order valence-corrected chi connectivity index (χ4v) is 3.48. The van der Waals surface area contributed by atoms with Crippen molar-refractivity contribution in [1.82, 2.24) is 9.21 Å². The first-order chi connectivity index (χ1) is 11.4. The van der Waals surface area contributed by atoms with E-state index >= 15 is 0 Å². The number of benzene rings is 2. The summed E-state index contributed by atoms with van der Waals surface area (Å²) in [7, 11) is -0.337. The van der Waals surface area contributed by atoms with Gasteiger partial charge in [-0.15, -0.1) is 0 Å². The molecular formula is C18H25N3O2S. The Kier molecular flexibility index (Phi) is 6.51. The van der Waals surface area contributed by atoms with Crippen LogP contribution in [0.25, 0.3) is 0 Å². The van der Waals surface area contributed by atoms with Gasteiger partial charge in [0.05, 0.1) is 4.90 Å². The van der Waals surface area contributed by atoms with Gasteiger partial charge in [0.15, 0.2) is 0 Å². The van der Waals surface area contributed by atoms with Crippen molar-refractivity contribution in [2.24, 2.45) is 5.73 Å². The van der Waals surface area contributed by atoms with E-state index in [0.717, 1.165) is 18.7 Å². The van der Waals surface area contributed by atoms with Gasteiger partial charge in [-0.25, -0.2) is 12.7 Å². The maximum absolute atomic E-state index is 12.3. The Hall–Kier alpha value is -1.73. The molecule has 130 valence electrons. The molecule has 0 aliphatic rings. The molecule has 5 nitrogen and oxygen atoms in total. The van der Waals surface area contributed by atoms with Crippen molar-refractivity contribution in [2.45, 2.75) is 18.0 Å². The van der Waals surface area contributed by atoms with E-state index in [0.29, 0.717) is 18.0 Å². The molecule has 0 aliphatic heterocycles. The first-order valence-corrected chi connectivity index (χ1v) is 9.35. The average Bonchev–Trinajstić information content (AvgIpc) is 2.56. The van der Waals surface area contributed by atoms with Crippen molar-refractivity contribution >= 4 is 10.0 Å². The number of rotatable bonds is 8. The van der Waals surface area contributed by atoms with Crippen LogP contribution in [0.2, 0.25) is 0 Å². The summed E-state index contributed by atoms with van der Waals surface area (Å²) in [5, 5.41) is 0. The third-order valence-electron chi connectivity index (χ3n) is 3.78. The van der Waals surface area contributed by atoms with Crippen LogP contribution < -0.4 is 5.73 Å². The van der Waals surface area contributed by atoms with Gasteiger partial charge in [0.2, 0.25) is 10.0 Å². The highest BCUT2D eigenvalue weighted by Gasteiger charge is 2.17. The van der Waals surface area contributed by atoms with Crippen molar-refractivity contribution in [3.8, 4) is 0 Å². The Morgan fingerprint density at radius 1 is 0.917 bits per heavy atom. The molecule has 2 aromatic rings. The zero-order valence-electron chi connectivity index (χ0n) is 14.2. The van der Waals surface area contributed by atoms with Crippen LogP contribution in [0.15, 0.2) is 59.5 Å². The summed E-state index contributed by atoms with van der Waals surface area (Å²) in [6.07, 6.45) is 0. The zero-order valence-corrected chi connectivity index (χ0v) is 15.0. The smallest absolute Gasteiger partial charge is 0.242 e. The first-order valence-electron chi connectivity index (χ1n) is 7.91. The van der Waals surface area contributed by atoms with Crippen LogP contribution >= 0.6 is 0 Å². The molecule has 0 aliphatic carbocycles. The second-order valence-corrected chi connectivity index (χ2v) is 8.07. The lowest BCUT2D eigenvalue weighted by atomic mass is 10.1. The molecule has 2 rings (SSSR count). The molecule has 0 spiro atoms. The highest BCUT2D eigenvalue weighted by Crippen LogP contribution is 2.17. The molecule has 2 N–H and O–H groups in total. The zero-order chi connectivity index (χ0) is 17.6. The van der Waals surface area contributed by atoms with Crippen molar-refractivity contribution < 1.29 is 8.42 Å². The summed E-state index contributed by atoms with van der Waals surface area (Å²) in [6, 6.07) is 17.3. The Bertz CT molecular complexity index is 746. The standard InChI is InChI=1S/C18H25N3O2S/c1-20(2)24(22,23)18-10-6-9-17(13-18)15-21(12-11-19)14-16-7-4-3-5-8-16/h3-10,13H,11-12,14-15,19H2,1-2H3. The molecule has 0 bridgehead atoms. The van der Waals surface area contributed by atoms with Gasteiger partial charge in [-0.1, -0.05) is 42.5 Å². The Labute approximate surface area is 144 Å². The SMILES string of the molecule is CN(C)S(=O)(=O)c1cccc(CN(CCN)Cc2ccccc2)c1. The van der Waals surface area contributed by atoms with Crippen LogP contribution in [0.4, 0.5) is 0 Å². The van der Waals surface area contributed by atoms with E-state index in [4.69, 9.17) is 5.73 Å². The molecule has 0 heterocycles. The van der Waals surface area contributed by atoms with Crippen LogP contribution in [0, 0.1) is 0 Å². The van der Waals surface area contributed by atoms with Gasteiger partial charge in [-0.2, -0.15) is 0 Å².